The fourth-order valence-electron chi connectivity index (χ4n) is 4.24. The van der Waals surface area contributed by atoms with Gasteiger partial charge in [-0.2, -0.15) is 0 Å². The van der Waals surface area contributed by atoms with Crippen LogP contribution in [-0.2, 0) is 28.7 Å². The third kappa shape index (κ3) is 9.57. The smallest absolute Gasteiger partial charge is 0.309 e. The number of carbonyl (C=O) groups is 4. The van der Waals surface area contributed by atoms with Gasteiger partial charge < -0.3 is 19.7 Å². The van der Waals surface area contributed by atoms with Crippen molar-refractivity contribution < 1.29 is 38.9 Å². The summed E-state index contributed by atoms with van der Waals surface area (Å²) in [6.45, 7) is 4.63. The quantitative estimate of drug-likeness (QED) is 0.258. The molecule has 0 spiro atoms. The highest BCUT2D eigenvalue weighted by molar-refractivity contribution is 5.86. The van der Waals surface area contributed by atoms with E-state index >= 15 is 0 Å². The second-order valence-electron chi connectivity index (χ2n) is 8.74. The molecule has 4 atom stereocenters. The van der Waals surface area contributed by atoms with E-state index in [4.69, 9.17) is 9.47 Å². The number of esters is 2. The number of rotatable bonds is 16. The third-order valence-electron chi connectivity index (χ3n) is 6.21. The van der Waals surface area contributed by atoms with Gasteiger partial charge in [0.2, 0.25) is 0 Å². The Morgan fingerprint density at radius 1 is 0.594 bits per heavy atom. The molecule has 0 bridgehead atoms. The van der Waals surface area contributed by atoms with Crippen LogP contribution in [0.3, 0.4) is 0 Å². The SMILES string of the molecule is CCCCCCCOC(=O)C1CC(C(=O)O)C(C(=O)O)CC1C(=O)OCCCCCCC. The summed E-state index contributed by atoms with van der Waals surface area (Å²) < 4.78 is 10.7. The van der Waals surface area contributed by atoms with Crippen LogP contribution in [0.25, 0.3) is 0 Å². The number of carboxylic acid groups (broad SMARTS) is 2. The van der Waals surface area contributed by atoms with Crippen molar-refractivity contribution in [3.05, 3.63) is 0 Å². The average molecular weight is 457 g/mol. The van der Waals surface area contributed by atoms with Gasteiger partial charge in [-0.15, -0.1) is 0 Å². The summed E-state index contributed by atoms with van der Waals surface area (Å²) in [5, 5.41) is 19.0. The molecule has 2 N–H and O–H groups in total. The van der Waals surface area contributed by atoms with Crippen LogP contribution in [0.5, 0.6) is 0 Å². The van der Waals surface area contributed by atoms with Crippen LogP contribution in [0.15, 0.2) is 0 Å². The molecule has 0 aliphatic heterocycles. The highest BCUT2D eigenvalue weighted by atomic mass is 16.5. The topological polar surface area (TPSA) is 127 Å². The summed E-state index contributed by atoms with van der Waals surface area (Å²) >= 11 is 0. The van der Waals surface area contributed by atoms with Crippen LogP contribution in [0.4, 0.5) is 0 Å². The molecule has 8 heteroatoms. The van der Waals surface area contributed by atoms with Crippen LogP contribution in [-0.4, -0.2) is 47.3 Å². The van der Waals surface area contributed by atoms with Gasteiger partial charge in [-0.05, 0) is 25.7 Å². The molecule has 0 aromatic heterocycles. The van der Waals surface area contributed by atoms with E-state index in [1.807, 2.05) is 0 Å². The van der Waals surface area contributed by atoms with Crippen molar-refractivity contribution in [3.63, 3.8) is 0 Å². The Balaban J connectivity index is 2.75. The lowest BCUT2D eigenvalue weighted by Crippen LogP contribution is -2.46. The van der Waals surface area contributed by atoms with Crippen LogP contribution in [0.2, 0.25) is 0 Å². The summed E-state index contributed by atoms with van der Waals surface area (Å²) in [5.74, 6) is -8.33. The molecule has 1 saturated carbocycles. The van der Waals surface area contributed by atoms with Crippen molar-refractivity contribution in [2.75, 3.05) is 13.2 Å². The summed E-state index contributed by atoms with van der Waals surface area (Å²) in [4.78, 5) is 48.7. The average Bonchev–Trinajstić information content (AvgIpc) is 2.77. The summed E-state index contributed by atoms with van der Waals surface area (Å²) in [5.41, 5.74) is 0. The van der Waals surface area contributed by atoms with Crippen molar-refractivity contribution in [1.82, 2.24) is 0 Å². The molecular weight excluding hydrogens is 416 g/mol. The number of ether oxygens (including phenoxy) is 2. The van der Waals surface area contributed by atoms with Crippen LogP contribution >= 0.6 is 0 Å². The molecule has 1 rings (SSSR count). The molecule has 0 heterocycles. The van der Waals surface area contributed by atoms with Gasteiger partial charge in [0.1, 0.15) is 0 Å². The minimum Gasteiger partial charge on any atom is -0.481 e. The lowest BCUT2D eigenvalue weighted by atomic mass is 9.68. The van der Waals surface area contributed by atoms with Gasteiger partial charge in [-0.3, -0.25) is 19.2 Å². The maximum atomic E-state index is 12.7. The van der Waals surface area contributed by atoms with Crippen molar-refractivity contribution in [2.45, 2.75) is 90.9 Å². The van der Waals surface area contributed by atoms with Crippen LogP contribution < -0.4 is 0 Å². The highest BCUT2D eigenvalue weighted by Gasteiger charge is 2.50. The standard InChI is InChI=1S/C24H40O8/c1-3-5-7-9-11-13-31-23(29)19-15-17(21(25)26)18(22(27)28)16-20(19)24(30)32-14-12-10-8-6-4-2/h17-20H,3-16H2,1-2H3,(H,25,26)(H,27,28). The summed E-state index contributed by atoms with van der Waals surface area (Å²) in [7, 11) is 0. The molecule has 0 amide bonds. The van der Waals surface area contributed by atoms with Gasteiger partial charge in [0.25, 0.3) is 0 Å². The molecule has 0 aromatic carbocycles. The molecule has 1 aliphatic carbocycles. The minimum absolute atomic E-state index is 0.207. The lowest BCUT2D eigenvalue weighted by Gasteiger charge is -2.35. The highest BCUT2D eigenvalue weighted by Crippen LogP contribution is 2.40. The first-order chi connectivity index (χ1) is 15.3. The molecule has 184 valence electrons. The fraction of sp³-hybridized carbons (Fsp3) is 0.833. The third-order valence-corrected chi connectivity index (χ3v) is 6.21. The van der Waals surface area contributed by atoms with E-state index in [1.165, 1.54) is 0 Å². The van der Waals surface area contributed by atoms with Crippen molar-refractivity contribution >= 4 is 23.9 Å². The number of carboxylic acids is 2. The monoisotopic (exact) mass is 456 g/mol. The van der Waals surface area contributed by atoms with E-state index in [0.29, 0.717) is 12.8 Å². The Morgan fingerprint density at radius 3 is 1.25 bits per heavy atom. The van der Waals surface area contributed by atoms with Crippen LogP contribution in [0.1, 0.15) is 90.9 Å². The Hall–Kier alpha value is -2.12. The zero-order valence-corrected chi connectivity index (χ0v) is 19.6. The normalized spacial score (nSPS) is 22.8. The Labute approximate surface area is 191 Å². The van der Waals surface area contributed by atoms with Gasteiger partial charge in [0.05, 0.1) is 36.9 Å². The van der Waals surface area contributed by atoms with Gasteiger partial charge in [-0.25, -0.2) is 0 Å². The second-order valence-corrected chi connectivity index (χ2v) is 8.74. The van der Waals surface area contributed by atoms with Gasteiger partial charge in [0, 0.05) is 0 Å². The predicted octanol–water partition coefficient (Wildman–Crippen LogP) is 4.44. The maximum Gasteiger partial charge on any atom is 0.309 e. The van der Waals surface area contributed by atoms with Crippen molar-refractivity contribution in [3.8, 4) is 0 Å². The predicted molar refractivity (Wildman–Crippen MR) is 118 cm³/mol. The van der Waals surface area contributed by atoms with Crippen molar-refractivity contribution in [1.29, 1.82) is 0 Å². The van der Waals surface area contributed by atoms with E-state index in [1.54, 1.807) is 0 Å². The van der Waals surface area contributed by atoms with E-state index in [9.17, 15) is 29.4 Å². The zero-order valence-electron chi connectivity index (χ0n) is 19.6. The molecule has 8 nitrogen and oxygen atoms in total. The Morgan fingerprint density at radius 2 is 0.938 bits per heavy atom. The first-order valence-corrected chi connectivity index (χ1v) is 12.1. The second kappa shape index (κ2) is 15.6. The van der Waals surface area contributed by atoms with E-state index < -0.39 is 47.5 Å². The van der Waals surface area contributed by atoms with Gasteiger partial charge >= 0.3 is 23.9 Å². The summed E-state index contributed by atoms with van der Waals surface area (Å²) in [6, 6.07) is 0. The molecule has 32 heavy (non-hydrogen) atoms. The van der Waals surface area contributed by atoms with Crippen molar-refractivity contribution in [2.24, 2.45) is 23.7 Å². The van der Waals surface area contributed by atoms with Crippen LogP contribution in [0, 0.1) is 23.7 Å². The molecule has 0 aromatic rings. The Bertz CT molecular complexity index is 551. The first kappa shape index (κ1) is 27.9. The van der Waals surface area contributed by atoms with Gasteiger partial charge in [0.15, 0.2) is 0 Å². The molecule has 0 saturated heterocycles. The minimum atomic E-state index is -1.28. The number of carbonyl (C=O) groups excluding carboxylic acids is 2. The van der Waals surface area contributed by atoms with Gasteiger partial charge in [-0.1, -0.05) is 65.2 Å². The molecule has 1 fully saturated rings. The fourth-order valence-corrected chi connectivity index (χ4v) is 4.24. The lowest BCUT2D eigenvalue weighted by molar-refractivity contribution is -0.172. The van der Waals surface area contributed by atoms with E-state index in [-0.39, 0.29) is 26.1 Å². The summed E-state index contributed by atoms with van der Waals surface area (Å²) in [6.07, 6.45) is 9.29. The molecule has 1 aliphatic rings. The largest absolute Gasteiger partial charge is 0.481 e. The maximum absolute atomic E-state index is 12.7. The number of hydrogen-bond acceptors (Lipinski definition) is 6. The number of aliphatic carboxylic acids is 2. The Kier molecular flexibility index (Phi) is 13.6. The zero-order chi connectivity index (χ0) is 23.9. The first-order valence-electron chi connectivity index (χ1n) is 12.1. The number of unbranched alkanes of at least 4 members (excludes halogenated alkanes) is 8. The molecular formula is C24H40O8. The van der Waals surface area contributed by atoms with E-state index in [2.05, 4.69) is 13.8 Å². The molecule has 4 unspecified atom stereocenters. The molecule has 0 radical (unpaired) electrons. The number of hydrogen-bond donors (Lipinski definition) is 2. The van der Waals surface area contributed by atoms with E-state index in [0.717, 1.165) is 51.4 Å².